The molecule has 3 unspecified atom stereocenters. The molecule has 2 N–H and O–H groups in total. The highest BCUT2D eigenvalue weighted by atomic mass is 14.9. The molecular formula is C33H50N2. The van der Waals surface area contributed by atoms with Crippen LogP contribution in [0.2, 0.25) is 0 Å². The molecule has 3 aliphatic carbocycles. The lowest BCUT2D eigenvalue weighted by Crippen LogP contribution is -2.46. The Kier molecular flexibility index (Phi) is 8.78. The van der Waals surface area contributed by atoms with E-state index in [9.17, 15) is 0 Å². The molecule has 1 saturated carbocycles. The maximum absolute atomic E-state index is 4.00. The Bertz CT molecular complexity index is 927. The van der Waals surface area contributed by atoms with Gasteiger partial charge in [0.25, 0.3) is 0 Å². The van der Waals surface area contributed by atoms with Gasteiger partial charge in [0.1, 0.15) is 0 Å². The summed E-state index contributed by atoms with van der Waals surface area (Å²) < 4.78 is 0. The third-order valence-electron chi connectivity index (χ3n) is 8.56. The van der Waals surface area contributed by atoms with E-state index in [-0.39, 0.29) is 5.41 Å². The van der Waals surface area contributed by atoms with Crippen LogP contribution in [0.5, 0.6) is 0 Å². The lowest BCUT2D eigenvalue weighted by atomic mass is 9.50. The van der Waals surface area contributed by atoms with Crippen LogP contribution in [0.25, 0.3) is 0 Å². The number of allylic oxidation sites excluding steroid dienone is 9. The van der Waals surface area contributed by atoms with Gasteiger partial charge in [-0.15, -0.1) is 6.58 Å². The van der Waals surface area contributed by atoms with Gasteiger partial charge >= 0.3 is 0 Å². The smallest absolute Gasteiger partial charge is 0.0415 e. The van der Waals surface area contributed by atoms with Crippen molar-refractivity contribution in [3.05, 3.63) is 84.4 Å². The fourth-order valence-corrected chi connectivity index (χ4v) is 6.07. The number of hydrogen-bond acceptors (Lipinski definition) is 2. The first-order valence-corrected chi connectivity index (χ1v) is 13.7. The Balaban J connectivity index is 1.70. The molecule has 192 valence electrons. The molecule has 0 amide bonds. The van der Waals surface area contributed by atoms with Crippen molar-refractivity contribution in [3.8, 4) is 0 Å². The quantitative estimate of drug-likeness (QED) is 0.258. The van der Waals surface area contributed by atoms with Crippen LogP contribution in [0.1, 0.15) is 80.6 Å². The van der Waals surface area contributed by atoms with Gasteiger partial charge in [-0.25, -0.2) is 0 Å². The number of rotatable bonds is 9. The molecule has 1 fully saturated rings. The first-order valence-electron chi connectivity index (χ1n) is 13.7. The van der Waals surface area contributed by atoms with Crippen molar-refractivity contribution >= 4 is 0 Å². The van der Waals surface area contributed by atoms with Gasteiger partial charge < -0.3 is 10.6 Å². The molecule has 0 bridgehead atoms. The molecule has 2 heteroatoms. The van der Waals surface area contributed by atoms with E-state index >= 15 is 0 Å². The van der Waals surface area contributed by atoms with Crippen LogP contribution >= 0.6 is 0 Å². The van der Waals surface area contributed by atoms with Crippen LogP contribution in [-0.2, 0) is 0 Å². The average molecular weight is 475 g/mol. The molecule has 2 nitrogen and oxygen atoms in total. The molecule has 0 aliphatic heterocycles. The topological polar surface area (TPSA) is 24.1 Å². The van der Waals surface area contributed by atoms with Gasteiger partial charge in [-0.05, 0) is 102 Å². The predicted molar refractivity (Wildman–Crippen MR) is 154 cm³/mol. The average Bonchev–Trinajstić information content (AvgIpc) is 2.80. The summed E-state index contributed by atoms with van der Waals surface area (Å²) in [6, 6.07) is 0. The van der Waals surface area contributed by atoms with Gasteiger partial charge in [-0.3, -0.25) is 0 Å². The van der Waals surface area contributed by atoms with Crippen LogP contribution in [-0.4, -0.2) is 6.54 Å². The summed E-state index contributed by atoms with van der Waals surface area (Å²) in [6.45, 7) is 21.5. The van der Waals surface area contributed by atoms with Gasteiger partial charge in [-0.1, -0.05) is 84.9 Å². The highest BCUT2D eigenvalue weighted by Crippen LogP contribution is 2.58. The van der Waals surface area contributed by atoms with Crippen LogP contribution in [0.15, 0.2) is 84.4 Å². The van der Waals surface area contributed by atoms with E-state index in [0.717, 1.165) is 25.8 Å². The van der Waals surface area contributed by atoms with E-state index < -0.39 is 0 Å². The maximum atomic E-state index is 4.00. The minimum absolute atomic E-state index is 0.250. The number of nitrogens with one attached hydrogen (secondary N) is 2. The van der Waals surface area contributed by atoms with E-state index in [1.807, 2.05) is 0 Å². The largest absolute Gasteiger partial charge is 0.388 e. The van der Waals surface area contributed by atoms with Crippen LogP contribution in [0.3, 0.4) is 0 Å². The van der Waals surface area contributed by atoms with E-state index in [1.165, 1.54) is 24.1 Å². The molecule has 0 heterocycles. The summed E-state index contributed by atoms with van der Waals surface area (Å²) in [5, 5.41) is 7.08. The van der Waals surface area contributed by atoms with Crippen molar-refractivity contribution in [2.24, 2.45) is 34.0 Å². The van der Waals surface area contributed by atoms with E-state index in [2.05, 4.69) is 127 Å². The van der Waals surface area contributed by atoms with Crippen LogP contribution in [0.4, 0.5) is 0 Å². The third-order valence-corrected chi connectivity index (χ3v) is 8.56. The lowest BCUT2D eigenvalue weighted by Gasteiger charge is -2.54. The fourth-order valence-electron chi connectivity index (χ4n) is 6.07. The van der Waals surface area contributed by atoms with Gasteiger partial charge in [0.15, 0.2) is 0 Å². The Morgan fingerprint density at radius 1 is 1.09 bits per heavy atom. The summed E-state index contributed by atoms with van der Waals surface area (Å²) in [7, 11) is 0. The van der Waals surface area contributed by atoms with E-state index in [0.29, 0.717) is 28.6 Å². The molecule has 3 atom stereocenters. The lowest BCUT2D eigenvalue weighted by molar-refractivity contribution is 0.0266. The highest BCUT2D eigenvalue weighted by Gasteiger charge is 2.50. The van der Waals surface area contributed by atoms with Crippen molar-refractivity contribution in [3.63, 3.8) is 0 Å². The molecule has 0 radical (unpaired) electrons. The molecule has 3 rings (SSSR count). The zero-order valence-corrected chi connectivity index (χ0v) is 23.5. The van der Waals surface area contributed by atoms with Crippen molar-refractivity contribution < 1.29 is 0 Å². The Morgan fingerprint density at radius 3 is 2.49 bits per heavy atom. The van der Waals surface area contributed by atoms with Crippen molar-refractivity contribution in [1.82, 2.24) is 10.6 Å². The molecule has 0 aromatic rings. The van der Waals surface area contributed by atoms with Crippen molar-refractivity contribution in [2.45, 2.75) is 80.6 Å². The second kappa shape index (κ2) is 11.2. The highest BCUT2D eigenvalue weighted by molar-refractivity contribution is 5.49. The summed E-state index contributed by atoms with van der Waals surface area (Å²) in [5.41, 5.74) is 5.23. The standard InChI is InChI=1S/C33H50N2/c1-9-26(31(2,3)4)17-13-22-34-23-14-24-35-28-19-18-27-30(29(28)25-15-11-10-12-16-25)33(7,8)21-20-32(27,5)6/h9-11,13-15,18-19,22,24,26-27,30,34-35H,1,12,16-17,20-21,23H2,2-8H3/b22-13+,24-14+. The monoisotopic (exact) mass is 474 g/mol. The second-order valence-electron chi connectivity index (χ2n) is 13.1. The predicted octanol–water partition coefficient (Wildman–Crippen LogP) is 8.61. The van der Waals surface area contributed by atoms with Gasteiger partial charge in [0, 0.05) is 12.2 Å². The summed E-state index contributed by atoms with van der Waals surface area (Å²) in [5.74, 6) is 1.62. The second-order valence-corrected chi connectivity index (χ2v) is 13.1. The summed E-state index contributed by atoms with van der Waals surface area (Å²) in [6.07, 6.45) is 28.3. The summed E-state index contributed by atoms with van der Waals surface area (Å²) >= 11 is 0. The first kappa shape index (κ1) is 27.4. The fraction of sp³-hybridized carbons (Fsp3) is 0.576. The zero-order valence-electron chi connectivity index (χ0n) is 23.5. The van der Waals surface area contributed by atoms with E-state index in [4.69, 9.17) is 0 Å². The van der Waals surface area contributed by atoms with Crippen molar-refractivity contribution in [1.29, 1.82) is 0 Å². The van der Waals surface area contributed by atoms with Crippen LogP contribution in [0, 0.1) is 34.0 Å². The molecule has 0 saturated heterocycles. The minimum atomic E-state index is 0.250. The zero-order chi connectivity index (χ0) is 25.7. The molecule has 0 spiro atoms. The minimum Gasteiger partial charge on any atom is -0.388 e. The van der Waals surface area contributed by atoms with Gasteiger partial charge in [-0.2, -0.15) is 0 Å². The van der Waals surface area contributed by atoms with Gasteiger partial charge in [0.2, 0.25) is 0 Å². The molecule has 0 aromatic heterocycles. The van der Waals surface area contributed by atoms with E-state index in [1.54, 1.807) is 5.57 Å². The van der Waals surface area contributed by atoms with Gasteiger partial charge in [0.05, 0.1) is 0 Å². The normalized spacial score (nSPS) is 26.5. The number of fused-ring (bicyclic) bond motifs is 1. The Hall–Kier alpha value is -2.22. The summed E-state index contributed by atoms with van der Waals surface area (Å²) in [4.78, 5) is 0. The third kappa shape index (κ3) is 6.72. The molecular weight excluding hydrogens is 424 g/mol. The Morgan fingerprint density at radius 2 is 1.83 bits per heavy atom. The SMILES string of the molecule is C=CC(C/C=C/NC/C=C/NC1=C(C2=CC=CCC2)C2C(C=C1)C(C)(C)CCC2(C)C)C(C)(C)C. The molecule has 35 heavy (non-hydrogen) atoms. The van der Waals surface area contributed by atoms with Crippen LogP contribution < -0.4 is 10.6 Å². The van der Waals surface area contributed by atoms with Crippen molar-refractivity contribution in [2.75, 3.05) is 6.54 Å². The first-order chi connectivity index (χ1) is 16.5. The maximum Gasteiger partial charge on any atom is 0.0415 e. The molecule has 0 aromatic carbocycles. The Labute approximate surface area is 216 Å². The number of hydrogen-bond donors (Lipinski definition) is 2. The molecule has 3 aliphatic rings.